The van der Waals surface area contributed by atoms with Gasteiger partial charge in [0.25, 0.3) is 0 Å². The van der Waals surface area contributed by atoms with Crippen LogP contribution in [0.25, 0.3) is 11.1 Å². The fourth-order valence-corrected chi connectivity index (χ4v) is 6.00. The van der Waals surface area contributed by atoms with Gasteiger partial charge in [-0.2, -0.15) is 0 Å². The maximum Gasteiger partial charge on any atom is 0.322 e. The molecular weight excluding hydrogens is 465 g/mol. The summed E-state index contributed by atoms with van der Waals surface area (Å²) in [4.78, 5) is 15.1. The molecule has 0 aromatic heterocycles. The average molecular weight is 494 g/mol. The van der Waals surface area contributed by atoms with Crippen LogP contribution in [0.2, 0.25) is 0 Å². The van der Waals surface area contributed by atoms with Gasteiger partial charge in [-0.25, -0.2) is 22.7 Å². The van der Waals surface area contributed by atoms with Crippen LogP contribution in [-0.2, 0) is 22.0 Å². The minimum Gasteiger partial charge on any atom is -0.334 e. The number of primary sulfonamides is 1. The monoisotopic (exact) mass is 493 g/mol. The third-order valence-electron chi connectivity index (χ3n) is 7.40. The molecule has 2 aliphatic rings. The highest BCUT2D eigenvalue weighted by molar-refractivity contribution is 7.89. The summed E-state index contributed by atoms with van der Waals surface area (Å²) in [5, 5.41) is 8.12. The number of nitrogens with two attached hydrogens (primary N) is 1. The van der Waals surface area contributed by atoms with Gasteiger partial charge in [0, 0.05) is 24.2 Å². The van der Waals surface area contributed by atoms with Gasteiger partial charge in [-0.15, -0.1) is 0 Å². The number of carbonyl (C=O) groups is 1. The van der Waals surface area contributed by atoms with Crippen LogP contribution in [0.1, 0.15) is 42.4 Å². The molecule has 1 fully saturated rings. The highest BCUT2D eigenvalue weighted by Gasteiger charge is 2.46. The average Bonchev–Trinajstić information content (AvgIpc) is 3.44. The van der Waals surface area contributed by atoms with Crippen LogP contribution in [0.5, 0.6) is 0 Å². The second-order valence-electron chi connectivity index (χ2n) is 9.57. The van der Waals surface area contributed by atoms with Gasteiger partial charge in [0.1, 0.15) is 5.82 Å². The molecule has 5 rings (SSSR count). The number of amides is 2. The van der Waals surface area contributed by atoms with Crippen LogP contribution < -0.4 is 15.4 Å². The summed E-state index contributed by atoms with van der Waals surface area (Å²) in [5.41, 5.74) is 5.19. The van der Waals surface area contributed by atoms with Crippen molar-refractivity contribution in [2.45, 2.75) is 49.5 Å². The minimum absolute atomic E-state index is 0.0357. The molecule has 3 N–H and O–H groups in total. The molecule has 0 saturated heterocycles. The molecule has 8 heteroatoms. The fourth-order valence-electron chi connectivity index (χ4n) is 5.49. The van der Waals surface area contributed by atoms with E-state index in [1.807, 2.05) is 23.1 Å². The lowest BCUT2D eigenvalue weighted by Crippen LogP contribution is -2.41. The molecule has 2 amide bonds. The Hall–Kier alpha value is -3.23. The first-order valence-electron chi connectivity index (χ1n) is 11.8. The Kier molecular flexibility index (Phi) is 5.89. The third-order valence-corrected chi connectivity index (χ3v) is 8.33. The van der Waals surface area contributed by atoms with Gasteiger partial charge in [-0.1, -0.05) is 43.2 Å². The predicted molar refractivity (Wildman–Crippen MR) is 134 cm³/mol. The van der Waals surface area contributed by atoms with E-state index in [1.165, 1.54) is 18.2 Å². The SMILES string of the molecule is Cc1c(F)cccc1-c1ccc2c(c1)C1(CCCC1)CN2C(=O)NCc1ccc(S(N)(=O)=O)cc1. The van der Waals surface area contributed by atoms with E-state index < -0.39 is 10.0 Å². The molecule has 1 aliphatic carbocycles. The van der Waals surface area contributed by atoms with E-state index in [0.29, 0.717) is 12.1 Å². The first-order chi connectivity index (χ1) is 16.7. The molecule has 182 valence electrons. The van der Waals surface area contributed by atoms with Gasteiger partial charge in [0.05, 0.1) is 4.90 Å². The maximum absolute atomic E-state index is 14.2. The Bertz CT molecular complexity index is 1400. The second kappa shape index (κ2) is 8.77. The molecule has 6 nitrogen and oxygen atoms in total. The number of nitrogens with zero attached hydrogens (tertiary/aromatic N) is 1. The summed E-state index contributed by atoms with van der Waals surface area (Å²) < 4.78 is 37.1. The maximum atomic E-state index is 14.2. The number of hydrogen-bond acceptors (Lipinski definition) is 3. The number of urea groups is 1. The lowest BCUT2D eigenvalue weighted by atomic mass is 9.79. The number of hydrogen-bond donors (Lipinski definition) is 2. The van der Waals surface area contributed by atoms with Crippen molar-refractivity contribution in [3.05, 3.63) is 83.2 Å². The number of carbonyl (C=O) groups excluding carboxylic acids is 1. The molecule has 3 aromatic carbocycles. The van der Waals surface area contributed by atoms with Crippen LogP contribution in [0.4, 0.5) is 14.9 Å². The molecule has 3 aromatic rings. The van der Waals surface area contributed by atoms with E-state index >= 15 is 0 Å². The lowest BCUT2D eigenvalue weighted by molar-refractivity contribution is 0.245. The van der Waals surface area contributed by atoms with Gasteiger partial charge < -0.3 is 5.32 Å². The summed E-state index contributed by atoms with van der Waals surface area (Å²) in [6, 6.07) is 17.2. The quantitative estimate of drug-likeness (QED) is 0.536. The zero-order chi connectivity index (χ0) is 24.8. The highest BCUT2D eigenvalue weighted by Crippen LogP contribution is 2.51. The Morgan fingerprint density at radius 3 is 2.49 bits per heavy atom. The Morgan fingerprint density at radius 1 is 1.09 bits per heavy atom. The van der Waals surface area contributed by atoms with Gasteiger partial charge in [0.2, 0.25) is 10.0 Å². The van der Waals surface area contributed by atoms with Crippen LogP contribution in [-0.4, -0.2) is 21.0 Å². The zero-order valence-corrected chi connectivity index (χ0v) is 20.4. The summed E-state index contributed by atoms with van der Waals surface area (Å²) in [6.07, 6.45) is 4.28. The molecule has 35 heavy (non-hydrogen) atoms. The van der Waals surface area contributed by atoms with Gasteiger partial charge in [-0.3, -0.25) is 4.90 Å². The third kappa shape index (κ3) is 4.32. The molecular formula is C27H28FN3O3S. The van der Waals surface area contributed by atoms with Crippen molar-refractivity contribution in [2.24, 2.45) is 5.14 Å². The van der Waals surface area contributed by atoms with Crippen molar-refractivity contribution >= 4 is 21.7 Å². The number of sulfonamides is 1. The number of benzene rings is 3. The molecule has 1 spiro atoms. The van der Waals surface area contributed by atoms with Gasteiger partial charge in [-0.05, 0) is 77.9 Å². The van der Waals surface area contributed by atoms with E-state index in [2.05, 4.69) is 11.4 Å². The Morgan fingerprint density at radius 2 is 1.80 bits per heavy atom. The normalized spacial score (nSPS) is 16.5. The van der Waals surface area contributed by atoms with Crippen LogP contribution in [0.15, 0.2) is 65.6 Å². The standard InChI is InChI=1S/C27H28FN3O3S/c1-18-22(5-4-6-24(18)28)20-9-12-25-23(15-20)27(13-2-3-14-27)17-31(25)26(32)30-16-19-7-10-21(11-8-19)35(29,33)34/h4-12,15H,2-3,13-14,16-17H2,1H3,(H,30,32)(H2,29,33,34). The fraction of sp³-hybridized carbons (Fsp3) is 0.296. The molecule has 0 atom stereocenters. The molecule has 1 saturated carbocycles. The molecule has 0 unspecified atom stereocenters. The molecule has 1 aliphatic heterocycles. The first kappa shape index (κ1) is 23.5. The van der Waals surface area contributed by atoms with E-state index in [4.69, 9.17) is 5.14 Å². The predicted octanol–water partition coefficient (Wildman–Crippen LogP) is 4.99. The van der Waals surface area contributed by atoms with Crippen LogP contribution in [0.3, 0.4) is 0 Å². The largest absolute Gasteiger partial charge is 0.334 e. The molecule has 0 radical (unpaired) electrons. The topological polar surface area (TPSA) is 92.5 Å². The summed E-state index contributed by atoms with van der Waals surface area (Å²) in [6.45, 7) is 2.67. The van der Waals surface area contributed by atoms with E-state index in [-0.39, 0.29) is 28.7 Å². The summed E-state index contributed by atoms with van der Waals surface area (Å²) in [5.74, 6) is -0.225. The van der Waals surface area contributed by atoms with Crippen LogP contribution >= 0.6 is 0 Å². The van der Waals surface area contributed by atoms with Gasteiger partial charge in [0.15, 0.2) is 0 Å². The van der Waals surface area contributed by atoms with Crippen molar-refractivity contribution in [1.29, 1.82) is 0 Å². The highest BCUT2D eigenvalue weighted by atomic mass is 32.2. The Labute approximate surface area is 205 Å². The second-order valence-corrected chi connectivity index (χ2v) is 11.1. The smallest absolute Gasteiger partial charge is 0.322 e. The van der Waals surface area contributed by atoms with E-state index in [0.717, 1.165) is 53.6 Å². The number of anilines is 1. The number of nitrogens with one attached hydrogen (secondary N) is 1. The zero-order valence-electron chi connectivity index (χ0n) is 19.6. The first-order valence-corrected chi connectivity index (χ1v) is 13.3. The number of halogens is 1. The minimum atomic E-state index is -3.76. The van der Waals surface area contributed by atoms with E-state index in [1.54, 1.807) is 25.1 Å². The summed E-state index contributed by atoms with van der Waals surface area (Å²) in [7, 11) is -3.76. The van der Waals surface area contributed by atoms with E-state index in [9.17, 15) is 17.6 Å². The van der Waals surface area contributed by atoms with Gasteiger partial charge >= 0.3 is 6.03 Å². The Balaban J connectivity index is 1.41. The molecule has 0 bridgehead atoms. The van der Waals surface area contributed by atoms with Crippen LogP contribution in [0, 0.1) is 12.7 Å². The van der Waals surface area contributed by atoms with Crippen molar-refractivity contribution in [3.63, 3.8) is 0 Å². The lowest BCUT2D eigenvalue weighted by Gasteiger charge is -2.25. The summed E-state index contributed by atoms with van der Waals surface area (Å²) >= 11 is 0. The van der Waals surface area contributed by atoms with Crippen molar-refractivity contribution < 1.29 is 17.6 Å². The number of rotatable bonds is 4. The van der Waals surface area contributed by atoms with Crippen molar-refractivity contribution in [2.75, 3.05) is 11.4 Å². The molecule has 1 heterocycles. The van der Waals surface area contributed by atoms with Crippen molar-refractivity contribution in [1.82, 2.24) is 5.32 Å². The van der Waals surface area contributed by atoms with Crippen molar-refractivity contribution in [3.8, 4) is 11.1 Å². The number of fused-ring (bicyclic) bond motifs is 2.